The van der Waals surface area contributed by atoms with Crippen molar-refractivity contribution in [2.45, 2.75) is 25.8 Å². The first-order valence-corrected chi connectivity index (χ1v) is 4.76. The van der Waals surface area contributed by atoms with Crippen LogP contribution in [0.1, 0.15) is 25.3 Å². The number of hydrogen-bond donors (Lipinski definition) is 1. The number of nitrogens with two attached hydrogens (primary N) is 1. The minimum Gasteiger partial charge on any atom is -0.327 e. The van der Waals surface area contributed by atoms with Gasteiger partial charge in [0.1, 0.15) is 0 Å². The summed E-state index contributed by atoms with van der Waals surface area (Å²) in [6.45, 7) is 3.76. The molecule has 1 aliphatic rings. The van der Waals surface area contributed by atoms with Gasteiger partial charge in [0, 0.05) is 12.0 Å². The summed E-state index contributed by atoms with van der Waals surface area (Å²) in [6, 6.07) is 2.01. The molecule has 0 spiro atoms. The third kappa shape index (κ3) is 1.35. The lowest BCUT2D eigenvalue weighted by Crippen LogP contribution is -2.06. The van der Waals surface area contributed by atoms with Gasteiger partial charge in [-0.05, 0) is 17.0 Å². The quantitative estimate of drug-likeness (QED) is 0.716. The molecule has 0 unspecified atom stereocenters. The van der Waals surface area contributed by atoms with Gasteiger partial charge in [-0.25, -0.2) is 13.2 Å². The average molecular weight is 215 g/mol. The van der Waals surface area contributed by atoms with Crippen LogP contribution in [0.25, 0.3) is 0 Å². The molecule has 2 N–H and O–H groups in total. The highest BCUT2D eigenvalue weighted by molar-refractivity contribution is 5.35. The van der Waals surface area contributed by atoms with E-state index in [0.29, 0.717) is 0 Å². The molecule has 1 aliphatic carbocycles. The van der Waals surface area contributed by atoms with Gasteiger partial charge in [-0.1, -0.05) is 19.9 Å². The van der Waals surface area contributed by atoms with Crippen molar-refractivity contribution < 1.29 is 13.2 Å². The Hall–Kier alpha value is -1.03. The van der Waals surface area contributed by atoms with Crippen LogP contribution in [0, 0.1) is 22.9 Å². The molecule has 1 nitrogen and oxygen atoms in total. The second kappa shape index (κ2) is 2.98. The maximum absolute atomic E-state index is 13.4. The van der Waals surface area contributed by atoms with Crippen molar-refractivity contribution in [3.05, 3.63) is 35.1 Å². The van der Waals surface area contributed by atoms with E-state index in [2.05, 4.69) is 0 Å². The first-order valence-electron chi connectivity index (χ1n) is 4.76. The Kier molecular flexibility index (Phi) is 2.08. The minimum absolute atomic E-state index is 0.173. The summed E-state index contributed by atoms with van der Waals surface area (Å²) in [5.74, 6) is -3.92. The Morgan fingerprint density at radius 2 is 1.67 bits per heavy atom. The lowest BCUT2D eigenvalue weighted by Gasteiger charge is -2.05. The van der Waals surface area contributed by atoms with E-state index in [1.807, 2.05) is 13.8 Å². The van der Waals surface area contributed by atoms with Crippen LogP contribution in [0.4, 0.5) is 13.2 Å². The Morgan fingerprint density at radius 1 is 1.13 bits per heavy atom. The van der Waals surface area contributed by atoms with E-state index in [4.69, 9.17) is 5.73 Å². The maximum atomic E-state index is 13.4. The normalized spacial score (nSPS) is 27.9. The van der Waals surface area contributed by atoms with Gasteiger partial charge in [-0.15, -0.1) is 0 Å². The summed E-state index contributed by atoms with van der Waals surface area (Å²) >= 11 is 0. The smallest absolute Gasteiger partial charge is 0.194 e. The predicted octanol–water partition coefficient (Wildman–Crippen LogP) is 2.55. The molecular formula is C11H12F3N. The van der Waals surface area contributed by atoms with Crippen molar-refractivity contribution >= 4 is 0 Å². The number of benzene rings is 1. The van der Waals surface area contributed by atoms with Crippen molar-refractivity contribution in [1.82, 2.24) is 0 Å². The highest BCUT2D eigenvalue weighted by Gasteiger charge is 2.57. The molecular weight excluding hydrogens is 203 g/mol. The molecule has 0 heterocycles. The zero-order chi connectivity index (χ0) is 11.4. The highest BCUT2D eigenvalue weighted by atomic mass is 19.2. The van der Waals surface area contributed by atoms with E-state index in [1.54, 1.807) is 0 Å². The van der Waals surface area contributed by atoms with Gasteiger partial charge in [0.25, 0.3) is 0 Å². The molecule has 4 heteroatoms. The zero-order valence-electron chi connectivity index (χ0n) is 8.52. The molecule has 0 radical (unpaired) electrons. The Morgan fingerprint density at radius 3 is 2.13 bits per heavy atom. The maximum Gasteiger partial charge on any atom is 0.194 e. The van der Waals surface area contributed by atoms with E-state index in [1.165, 1.54) is 6.07 Å². The Bertz CT molecular complexity index is 415. The molecule has 1 fully saturated rings. The van der Waals surface area contributed by atoms with Crippen LogP contribution in [0.3, 0.4) is 0 Å². The molecule has 0 aliphatic heterocycles. The standard InChI is InChI=1S/C11H12F3N/c1-11(2)7(10(11)15)5-3-4-6(12)9(14)8(5)13/h3-4,7,10H,15H2,1-2H3/t7-,10-/m1/s1. The van der Waals surface area contributed by atoms with Gasteiger partial charge in [-0.3, -0.25) is 0 Å². The monoisotopic (exact) mass is 215 g/mol. The van der Waals surface area contributed by atoms with Gasteiger partial charge in [0.05, 0.1) is 0 Å². The van der Waals surface area contributed by atoms with E-state index < -0.39 is 17.5 Å². The fourth-order valence-corrected chi connectivity index (χ4v) is 2.05. The van der Waals surface area contributed by atoms with E-state index in [0.717, 1.165) is 6.07 Å². The molecule has 1 aromatic carbocycles. The summed E-state index contributed by atoms with van der Waals surface area (Å²) in [4.78, 5) is 0. The van der Waals surface area contributed by atoms with Crippen LogP contribution < -0.4 is 5.73 Å². The van der Waals surface area contributed by atoms with Gasteiger partial charge in [-0.2, -0.15) is 0 Å². The lowest BCUT2D eigenvalue weighted by molar-refractivity contribution is 0.438. The van der Waals surface area contributed by atoms with Crippen molar-refractivity contribution in [3.63, 3.8) is 0 Å². The first kappa shape index (κ1) is 10.5. The van der Waals surface area contributed by atoms with Crippen LogP contribution in [-0.2, 0) is 0 Å². The summed E-state index contributed by atoms with van der Waals surface area (Å²) in [5.41, 5.74) is 5.68. The first-order chi connectivity index (χ1) is 6.87. The lowest BCUT2D eigenvalue weighted by atomic mass is 10.0. The van der Waals surface area contributed by atoms with Gasteiger partial charge in [0.15, 0.2) is 17.5 Å². The Labute approximate surface area is 86.1 Å². The molecule has 2 rings (SSSR count). The third-order valence-corrected chi connectivity index (χ3v) is 3.31. The molecule has 1 saturated carbocycles. The second-order valence-corrected chi connectivity index (χ2v) is 4.59. The van der Waals surface area contributed by atoms with Crippen LogP contribution in [0.15, 0.2) is 12.1 Å². The SMILES string of the molecule is CC1(C)[C@H](N)[C@H]1c1ccc(F)c(F)c1F. The molecule has 15 heavy (non-hydrogen) atoms. The van der Waals surface area contributed by atoms with Crippen molar-refractivity contribution in [3.8, 4) is 0 Å². The average Bonchev–Trinajstić information content (AvgIpc) is 2.64. The zero-order valence-corrected chi connectivity index (χ0v) is 8.52. The van der Waals surface area contributed by atoms with Gasteiger partial charge >= 0.3 is 0 Å². The fraction of sp³-hybridized carbons (Fsp3) is 0.455. The molecule has 2 atom stereocenters. The Balaban J connectivity index is 2.44. The minimum atomic E-state index is -1.41. The number of hydrogen-bond acceptors (Lipinski definition) is 1. The highest BCUT2D eigenvalue weighted by Crippen LogP contribution is 2.57. The van der Waals surface area contributed by atoms with Crippen LogP contribution in [-0.4, -0.2) is 6.04 Å². The molecule has 1 aromatic rings. The van der Waals surface area contributed by atoms with Crippen LogP contribution in [0.5, 0.6) is 0 Å². The van der Waals surface area contributed by atoms with E-state index in [-0.39, 0.29) is 22.9 Å². The molecule has 0 saturated heterocycles. The van der Waals surface area contributed by atoms with Crippen molar-refractivity contribution in [2.24, 2.45) is 11.1 Å². The molecule has 0 aromatic heterocycles. The molecule has 0 bridgehead atoms. The predicted molar refractivity (Wildman–Crippen MR) is 50.8 cm³/mol. The number of rotatable bonds is 1. The number of halogens is 3. The van der Waals surface area contributed by atoms with E-state index >= 15 is 0 Å². The summed E-state index contributed by atoms with van der Waals surface area (Å²) in [6.07, 6.45) is 0. The van der Waals surface area contributed by atoms with Crippen LogP contribution in [0.2, 0.25) is 0 Å². The van der Waals surface area contributed by atoms with Gasteiger partial charge < -0.3 is 5.73 Å². The summed E-state index contributed by atoms with van der Waals surface area (Å²) < 4.78 is 39.1. The summed E-state index contributed by atoms with van der Waals surface area (Å²) in [5, 5.41) is 0. The molecule has 0 amide bonds. The van der Waals surface area contributed by atoms with Crippen LogP contribution >= 0.6 is 0 Å². The summed E-state index contributed by atoms with van der Waals surface area (Å²) in [7, 11) is 0. The third-order valence-electron chi connectivity index (χ3n) is 3.31. The molecule has 82 valence electrons. The van der Waals surface area contributed by atoms with Gasteiger partial charge in [0.2, 0.25) is 0 Å². The second-order valence-electron chi connectivity index (χ2n) is 4.59. The largest absolute Gasteiger partial charge is 0.327 e. The van der Waals surface area contributed by atoms with E-state index in [9.17, 15) is 13.2 Å². The van der Waals surface area contributed by atoms with Crippen molar-refractivity contribution in [2.75, 3.05) is 0 Å². The topological polar surface area (TPSA) is 26.0 Å². The fourth-order valence-electron chi connectivity index (χ4n) is 2.05. The van der Waals surface area contributed by atoms with Crippen molar-refractivity contribution in [1.29, 1.82) is 0 Å².